The molecule has 3 heteroatoms. The minimum atomic E-state index is -0.407. The van der Waals surface area contributed by atoms with E-state index in [2.05, 4.69) is 72.2 Å². The Balaban J connectivity index is 1.81. The highest BCUT2D eigenvalue weighted by molar-refractivity contribution is 6.17. The molecule has 0 aliphatic carbocycles. The summed E-state index contributed by atoms with van der Waals surface area (Å²) in [4.78, 5) is 12.2. The van der Waals surface area contributed by atoms with Crippen molar-refractivity contribution in [1.29, 1.82) is 0 Å². The van der Waals surface area contributed by atoms with Crippen molar-refractivity contribution in [2.45, 2.75) is 26.3 Å². The lowest BCUT2D eigenvalue weighted by atomic mass is 10.0. The van der Waals surface area contributed by atoms with Crippen LogP contribution in [0, 0.1) is 6.07 Å². The topological polar surface area (TPSA) is 48.0 Å². The van der Waals surface area contributed by atoms with E-state index in [1.54, 1.807) is 6.07 Å². The Hall–Kier alpha value is -3.59. The molecule has 1 radical (unpaired) electrons. The molecule has 0 fully saturated rings. The van der Waals surface area contributed by atoms with Crippen LogP contribution in [0.25, 0.3) is 32.6 Å². The normalized spacial score (nSPS) is 11.5. The van der Waals surface area contributed by atoms with Crippen LogP contribution in [0.5, 0.6) is 0 Å². The van der Waals surface area contributed by atoms with Crippen LogP contribution in [0.15, 0.2) is 72.8 Å². The zero-order valence-electron chi connectivity index (χ0n) is 17.0. The van der Waals surface area contributed by atoms with Gasteiger partial charge in [-0.3, -0.25) is 4.79 Å². The van der Waals surface area contributed by atoms with Crippen LogP contribution in [0.1, 0.15) is 34.8 Å². The van der Waals surface area contributed by atoms with E-state index in [9.17, 15) is 4.79 Å². The summed E-state index contributed by atoms with van der Waals surface area (Å²) in [5.74, 6) is -0.407. The Labute approximate surface area is 175 Å². The monoisotopic (exact) mass is 391 g/mol. The molecule has 0 aliphatic rings. The molecule has 0 saturated carbocycles. The smallest absolute Gasteiger partial charge is 0.249 e. The minimum absolute atomic E-state index is 0.407. The first-order valence-electron chi connectivity index (χ1n) is 10.4. The maximum atomic E-state index is 12.2. The van der Waals surface area contributed by atoms with Crippen LogP contribution in [-0.4, -0.2) is 10.5 Å². The predicted molar refractivity (Wildman–Crippen MR) is 124 cm³/mol. The number of hydrogen-bond acceptors (Lipinski definition) is 1. The first-order valence-corrected chi connectivity index (χ1v) is 10.4. The molecule has 0 aliphatic heterocycles. The SMILES string of the molecule is CCCc1c[c]c2c3c(C(N)=O)cccc3n(Cc3cccc4ccccc34)c2c1. The van der Waals surface area contributed by atoms with Crippen molar-refractivity contribution in [1.82, 2.24) is 4.57 Å². The van der Waals surface area contributed by atoms with Gasteiger partial charge < -0.3 is 10.3 Å². The number of carbonyl (C=O) groups is 1. The second-order valence-electron chi connectivity index (χ2n) is 7.81. The number of benzene rings is 4. The Morgan fingerprint density at radius 2 is 1.80 bits per heavy atom. The fourth-order valence-corrected chi connectivity index (χ4v) is 4.51. The number of primary amides is 1. The molecule has 0 spiro atoms. The third kappa shape index (κ3) is 2.94. The molecule has 2 N–H and O–H groups in total. The fourth-order valence-electron chi connectivity index (χ4n) is 4.51. The molecule has 5 rings (SSSR count). The van der Waals surface area contributed by atoms with Crippen molar-refractivity contribution in [3.8, 4) is 0 Å². The largest absolute Gasteiger partial charge is 0.366 e. The highest BCUT2D eigenvalue weighted by Gasteiger charge is 2.17. The summed E-state index contributed by atoms with van der Waals surface area (Å²) in [5, 5.41) is 4.32. The van der Waals surface area contributed by atoms with Crippen LogP contribution in [0.4, 0.5) is 0 Å². The highest BCUT2D eigenvalue weighted by atomic mass is 16.1. The van der Waals surface area contributed by atoms with E-state index in [0.717, 1.165) is 34.6 Å². The zero-order valence-corrected chi connectivity index (χ0v) is 17.0. The summed E-state index contributed by atoms with van der Waals surface area (Å²) in [6.45, 7) is 2.90. The predicted octanol–water partition coefficient (Wildman–Crippen LogP) is 5.85. The Kier molecular flexibility index (Phi) is 4.51. The lowest BCUT2D eigenvalue weighted by Gasteiger charge is -2.11. The number of carbonyl (C=O) groups excluding carboxylic acids is 1. The maximum Gasteiger partial charge on any atom is 0.249 e. The number of nitrogens with two attached hydrogens (primary N) is 1. The standard InChI is InChI=1S/C27H23N2O/c1-2-7-18-14-15-22-25(16-18)29(24-13-6-12-23(26(22)24)27(28)30)17-20-10-5-9-19-8-3-4-11-21(19)20/h3-6,8-14,16H,2,7,17H2,1H3,(H2,28,30). The van der Waals surface area contributed by atoms with Gasteiger partial charge in [0.25, 0.3) is 0 Å². The van der Waals surface area contributed by atoms with Gasteiger partial charge in [-0.2, -0.15) is 0 Å². The molecule has 0 bridgehead atoms. The number of hydrogen-bond donors (Lipinski definition) is 1. The number of aromatic nitrogens is 1. The van der Waals surface area contributed by atoms with E-state index in [-0.39, 0.29) is 0 Å². The summed E-state index contributed by atoms with van der Waals surface area (Å²) in [6.07, 6.45) is 2.08. The molecule has 0 unspecified atom stereocenters. The van der Waals surface area contributed by atoms with Crippen molar-refractivity contribution in [3.63, 3.8) is 0 Å². The summed E-state index contributed by atoms with van der Waals surface area (Å²) >= 11 is 0. The van der Waals surface area contributed by atoms with Crippen molar-refractivity contribution < 1.29 is 4.79 Å². The van der Waals surface area contributed by atoms with E-state index < -0.39 is 5.91 Å². The molecule has 3 nitrogen and oxygen atoms in total. The molecule has 1 amide bonds. The summed E-state index contributed by atoms with van der Waals surface area (Å²) < 4.78 is 2.30. The number of rotatable bonds is 5. The van der Waals surface area contributed by atoms with Crippen LogP contribution in [0.2, 0.25) is 0 Å². The van der Waals surface area contributed by atoms with Crippen molar-refractivity contribution >= 4 is 38.5 Å². The van der Waals surface area contributed by atoms with Crippen molar-refractivity contribution in [2.75, 3.05) is 0 Å². The summed E-state index contributed by atoms with van der Waals surface area (Å²) in [5.41, 5.74) is 10.9. The lowest BCUT2D eigenvalue weighted by molar-refractivity contribution is 0.100. The molecular formula is C27H23N2O. The summed E-state index contributed by atoms with van der Waals surface area (Å²) in [7, 11) is 0. The fraction of sp³-hybridized carbons (Fsp3) is 0.148. The van der Waals surface area contributed by atoms with Gasteiger partial charge in [-0.15, -0.1) is 0 Å². The Bertz CT molecular complexity index is 1410. The average Bonchev–Trinajstić information content (AvgIpc) is 3.07. The lowest BCUT2D eigenvalue weighted by Crippen LogP contribution is -2.11. The molecule has 30 heavy (non-hydrogen) atoms. The van der Waals surface area contributed by atoms with Crippen LogP contribution in [0.3, 0.4) is 0 Å². The molecule has 147 valence electrons. The average molecular weight is 391 g/mol. The van der Waals surface area contributed by atoms with Gasteiger partial charge in [0.05, 0.1) is 11.0 Å². The third-order valence-electron chi connectivity index (χ3n) is 5.87. The minimum Gasteiger partial charge on any atom is -0.366 e. The van der Waals surface area contributed by atoms with Gasteiger partial charge in [-0.25, -0.2) is 0 Å². The van der Waals surface area contributed by atoms with Crippen LogP contribution in [-0.2, 0) is 13.0 Å². The first-order chi connectivity index (χ1) is 14.7. The highest BCUT2D eigenvalue weighted by Crippen LogP contribution is 2.33. The maximum absolute atomic E-state index is 12.2. The first kappa shape index (κ1) is 18.4. The zero-order chi connectivity index (χ0) is 20.7. The van der Waals surface area contributed by atoms with Crippen molar-refractivity contribution in [3.05, 3.63) is 95.6 Å². The van der Waals surface area contributed by atoms with Gasteiger partial charge >= 0.3 is 0 Å². The van der Waals surface area contributed by atoms with Crippen molar-refractivity contribution in [2.24, 2.45) is 5.73 Å². The molecule has 0 atom stereocenters. The van der Waals surface area contributed by atoms with E-state index in [4.69, 9.17) is 5.73 Å². The van der Waals surface area contributed by atoms with Crippen LogP contribution < -0.4 is 5.73 Å². The molecule has 1 aromatic heterocycles. The quantitative estimate of drug-likeness (QED) is 0.401. The molecular weight excluding hydrogens is 368 g/mol. The van der Waals surface area contributed by atoms with Gasteiger partial charge in [0, 0.05) is 22.9 Å². The Morgan fingerprint density at radius 1 is 1.00 bits per heavy atom. The summed E-state index contributed by atoms with van der Waals surface area (Å²) in [6, 6.07) is 28.4. The van der Waals surface area contributed by atoms with Gasteiger partial charge in [0.1, 0.15) is 0 Å². The van der Waals surface area contributed by atoms with Gasteiger partial charge in [0.15, 0.2) is 0 Å². The van der Waals surface area contributed by atoms with Crippen LogP contribution >= 0.6 is 0 Å². The number of nitrogens with zero attached hydrogens (tertiary/aromatic N) is 1. The molecule has 5 aromatic rings. The third-order valence-corrected chi connectivity index (χ3v) is 5.87. The van der Waals surface area contributed by atoms with E-state index in [1.807, 2.05) is 12.1 Å². The van der Waals surface area contributed by atoms with E-state index in [0.29, 0.717) is 12.1 Å². The Morgan fingerprint density at radius 3 is 2.63 bits per heavy atom. The second kappa shape index (κ2) is 7.34. The van der Waals surface area contributed by atoms with Gasteiger partial charge in [-0.1, -0.05) is 67.9 Å². The van der Waals surface area contributed by atoms with Gasteiger partial charge in [0.2, 0.25) is 5.91 Å². The number of amides is 1. The molecule has 4 aromatic carbocycles. The van der Waals surface area contributed by atoms with E-state index >= 15 is 0 Å². The number of aryl methyl sites for hydroxylation is 1. The second-order valence-corrected chi connectivity index (χ2v) is 7.81. The molecule has 1 heterocycles. The molecule has 0 saturated heterocycles. The number of fused-ring (bicyclic) bond motifs is 4. The van der Waals surface area contributed by atoms with Gasteiger partial charge in [-0.05, 0) is 52.6 Å². The van der Waals surface area contributed by atoms with E-state index in [1.165, 1.54) is 21.9 Å².